The molecule has 1 saturated heterocycles. The first-order valence-electron chi connectivity index (χ1n) is 7.76. The average Bonchev–Trinajstić information content (AvgIpc) is 3.26. The number of carbonyl (C=O) groups excluding carboxylic acids is 2. The van der Waals surface area contributed by atoms with Gasteiger partial charge in [0.2, 0.25) is 11.8 Å². The summed E-state index contributed by atoms with van der Waals surface area (Å²) >= 11 is 0. The number of amides is 2. The fourth-order valence-electron chi connectivity index (χ4n) is 5.23. The van der Waals surface area contributed by atoms with Crippen molar-refractivity contribution >= 4 is 17.5 Å². The smallest absolute Gasteiger partial charge is 0.241 e. The molecule has 1 aromatic carbocycles. The van der Waals surface area contributed by atoms with E-state index in [1.54, 1.807) is 0 Å². The van der Waals surface area contributed by atoms with Gasteiger partial charge in [-0.15, -0.1) is 0 Å². The SMILES string of the molecule is C[C@]12C(=O)N(c3ccccc3)C(=O)[C@@H]1[C@H]1C=C[C@H]2[C@H]2C[C@@H]12. The normalized spacial score (nSPS) is 45.8. The Balaban J connectivity index is 1.66. The largest absolute Gasteiger partial charge is 0.274 e. The predicted octanol–water partition coefficient (Wildman–Crippen LogP) is 2.63. The molecule has 0 spiro atoms. The molecule has 0 radical (unpaired) electrons. The first kappa shape index (κ1) is 11.7. The predicted molar refractivity (Wildman–Crippen MR) is 78.2 cm³/mol. The van der Waals surface area contributed by atoms with Crippen LogP contribution in [-0.4, -0.2) is 11.8 Å². The van der Waals surface area contributed by atoms with Crippen LogP contribution in [0.15, 0.2) is 42.5 Å². The van der Waals surface area contributed by atoms with E-state index in [4.69, 9.17) is 0 Å². The van der Waals surface area contributed by atoms with Crippen LogP contribution in [0, 0.1) is 35.0 Å². The second-order valence-corrected chi connectivity index (χ2v) is 7.13. The molecule has 0 unspecified atom stereocenters. The van der Waals surface area contributed by atoms with Gasteiger partial charge in [-0.25, -0.2) is 4.90 Å². The highest BCUT2D eigenvalue weighted by atomic mass is 16.2. The van der Waals surface area contributed by atoms with Gasteiger partial charge in [-0.1, -0.05) is 30.4 Å². The van der Waals surface area contributed by atoms with Crippen molar-refractivity contribution in [3.63, 3.8) is 0 Å². The summed E-state index contributed by atoms with van der Waals surface area (Å²) in [5.41, 5.74) is 0.195. The van der Waals surface area contributed by atoms with Crippen LogP contribution in [0.3, 0.4) is 0 Å². The zero-order valence-corrected chi connectivity index (χ0v) is 11.9. The average molecular weight is 279 g/mol. The van der Waals surface area contributed by atoms with E-state index in [0.717, 1.165) is 5.69 Å². The molecule has 3 fully saturated rings. The van der Waals surface area contributed by atoms with Crippen LogP contribution in [0.5, 0.6) is 0 Å². The van der Waals surface area contributed by atoms with Crippen molar-refractivity contribution in [3.8, 4) is 0 Å². The number of nitrogens with zero attached hydrogens (tertiary/aromatic N) is 1. The third-order valence-corrected chi connectivity index (χ3v) is 6.28. The molecule has 2 amide bonds. The molecule has 0 aromatic heterocycles. The summed E-state index contributed by atoms with van der Waals surface area (Å²) in [6.07, 6.45) is 5.63. The molecular formula is C18H17NO2. The first-order chi connectivity index (χ1) is 10.1. The maximum absolute atomic E-state index is 13.1. The zero-order chi connectivity index (χ0) is 14.4. The lowest BCUT2D eigenvalue weighted by molar-refractivity contribution is -0.134. The molecule has 1 heterocycles. The van der Waals surface area contributed by atoms with Crippen LogP contribution in [-0.2, 0) is 9.59 Å². The Labute approximate surface area is 123 Å². The number of hydrogen-bond donors (Lipinski definition) is 0. The van der Waals surface area contributed by atoms with Crippen LogP contribution in [0.1, 0.15) is 13.3 Å². The molecule has 2 saturated carbocycles. The number of carbonyl (C=O) groups is 2. The number of benzene rings is 1. The molecule has 3 heteroatoms. The standard InChI is InChI=1S/C18H17NO2/c1-18-14-8-7-11(12-9-13(12)14)15(18)16(20)19(17(18)21)10-5-3-2-4-6-10/h2-8,11-15H,9H2,1H3/t11-,12-,13-,14-,15-,18+/m0/s1. The third kappa shape index (κ3) is 1.18. The van der Waals surface area contributed by atoms with Gasteiger partial charge in [0.05, 0.1) is 17.0 Å². The maximum Gasteiger partial charge on any atom is 0.241 e. The van der Waals surface area contributed by atoms with E-state index in [0.29, 0.717) is 11.8 Å². The topological polar surface area (TPSA) is 37.4 Å². The van der Waals surface area contributed by atoms with Crippen LogP contribution < -0.4 is 4.90 Å². The van der Waals surface area contributed by atoms with Gasteiger partial charge < -0.3 is 0 Å². The van der Waals surface area contributed by atoms with Crippen molar-refractivity contribution in [2.75, 3.05) is 4.90 Å². The van der Waals surface area contributed by atoms with Gasteiger partial charge in [0.25, 0.3) is 0 Å². The van der Waals surface area contributed by atoms with Crippen molar-refractivity contribution in [2.24, 2.45) is 35.0 Å². The summed E-state index contributed by atoms with van der Waals surface area (Å²) in [6, 6.07) is 9.37. The van der Waals surface area contributed by atoms with Gasteiger partial charge in [-0.05, 0) is 49.1 Å². The lowest BCUT2D eigenvalue weighted by Crippen LogP contribution is -2.49. The number of imide groups is 1. The van der Waals surface area contributed by atoms with E-state index in [-0.39, 0.29) is 29.6 Å². The number of para-hydroxylation sites is 1. The Morgan fingerprint density at radius 1 is 1.10 bits per heavy atom. The number of allylic oxidation sites excluding steroid dienone is 2. The highest BCUT2D eigenvalue weighted by Gasteiger charge is 2.72. The molecule has 4 aliphatic carbocycles. The molecule has 3 nitrogen and oxygen atoms in total. The highest BCUT2D eigenvalue weighted by molar-refractivity contribution is 6.24. The molecule has 1 aromatic rings. The fourth-order valence-corrected chi connectivity index (χ4v) is 5.23. The van der Waals surface area contributed by atoms with Gasteiger partial charge in [0.15, 0.2) is 0 Å². The minimum absolute atomic E-state index is 0.00778. The van der Waals surface area contributed by atoms with Crippen LogP contribution in [0.4, 0.5) is 5.69 Å². The van der Waals surface area contributed by atoms with E-state index >= 15 is 0 Å². The molecule has 21 heavy (non-hydrogen) atoms. The van der Waals surface area contributed by atoms with E-state index in [9.17, 15) is 9.59 Å². The molecule has 2 bridgehead atoms. The van der Waals surface area contributed by atoms with Gasteiger partial charge in [-0.2, -0.15) is 0 Å². The minimum Gasteiger partial charge on any atom is -0.274 e. The Hall–Kier alpha value is -1.90. The number of hydrogen-bond acceptors (Lipinski definition) is 2. The highest BCUT2D eigenvalue weighted by Crippen LogP contribution is 2.70. The molecule has 6 atom stereocenters. The van der Waals surface area contributed by atoms with E-state index in [1.165, 1.54) is 11.3 Å². The lowest BCUT2D eigenvalue weighted by atomic mass is 9.55. The summed E-state index contributed by atoms with van der Waals surface area (Å²) in [7, 11) is 0. The molecule has 5 aliphatic rings. The van der Waals surface area contributed by atoms with Crippen molar-refractivity contribution < 1.29 is 9.59 Å². The van der Waals surface area contributed by atoms with Gasteiger partial charge in [-0.3, -0.25) is 9.59 Å². The van der Waals surface area contributed by atoms with Crippen molar-refractivity contribution in [1.82, 2.24) is 0 Å². The van der Waals surface area contributed by atoms with Crippen LogP contribution >= 0.6 is 0 Å². The monoisotopic (exact) mass is 279 g/mol. The van der Waals surface area contributed by atoms with E-state index in [2.05, 4.69) is 12.2 Å². The van der Waals surface area contributed by atoms with Crippen molar-refractivity contribution in [2.45, 2.75) is 13.3 Å². The van der Waals surface area contributed by atoms with Crippen molar-refractivity contribution in [3.05, 3.63) is 42.5 Å². The van der Waals surface area contributed by atoms with Crippen LogP contribution in [0.25, 0.3) is 0 Å². The lowest BCUT2D eigenvalue weighted by Gasteiger charge is -2.45. The second kappa shape index (κ2) is 3.46. The maximum atomic E-state index is 13.1. The van der Waals surface area contributed by atoms with Crippen molar-refractivity contribution in [1.29, 1.82) is 0 Å². The number of anilines is 1. The molecule has 106 valence electrons. The summed E-state index contributed by atoms with van der Waals surface area (Å²) in [5, 5.41) is 0. The summed E-state index contributed by atoms with van der Waals surface area (Å²) in [6.45, 7) is 2.02. The molecule has 0 N–H and O–H groups in total. The molecule has 6 rings (SSSR count). The first-order valence-corrected chi connectivity index (χ1v) is 7.76. The molecular weight excluding hydrogens is 262 g/mol. The summed E-state index contributed by atoms with van der Waals surface area (Å²) in [5.74, 6) is 1.67. The fraction of sp³-hybridized carbons (Fsp3) is 0.444. The van der Waals surface area contributed by atoms with Crippen LogP contribution in [0.2, 0.25) is 0 Å². The Bertz CT molecular complexity index is 694. The minimum atomic E-state index is -0.524. The van der Waals surface area contributed by atoms with Gasteiger partial charge in [0.1, 0.15) is 0 Å². The molecule has 1 aliphatic heterocycles. The Morgan fingerprint density at radius 2 is 1.86 bits per heavy atom. The number of rotatable bonds is 1. The Morgan fingerprint density at radius 3 is 2.62 bits per heavy atom. The Kier molecular flexibility index (Phi) is 1.93. The van der Waals surface area contributed by atoms with E-state index < -0.39 is 5.41 Å². The van der Waals surface area contributed by atoms with E-state index in [1.807, 2.05) is 37.3 Å². The van der Waals surface area contributed by atoms with Gasteiger partial charge in [0, 0.05) is 0 Å². The summed E-state index contributed by atoms with van der Waals surface area (Å²) in [4.78, 5) is 27.5. The quantitative estimate of drug-likeness (QED) is 0.585. The zero-order valence-electron chi connectivity index (χ0n) is 11.9. The second-order valence-electron chi connectivity index (χ2n) is 7.13. The van der Waals surface area contributed by atoms with Gasteiger partial charge >= 0.3 is 0 Å². The third-order valence-electron chi connectivity index (χ3n) is 6.28. The summed E-state index contributed by atoms with van der Waals surface area (Å²) < 4.78 is 0.